The summed E-state index contributed by atoms with van der Waals surface area (Å²) >= 11 is 0. The molecule has 0 radical (unpaired) electrons. The lowest BCUT2D eigenvalue weighted by Crippen LogP contribution is -2.17. The molecule has 0 aromatic heterocycles. The molecule has 0 saturated heterocycles. The standard InChI is InChI=1S/C18H16O2/c19-17-3-1-11-5-13-8-16-10-18(20)4-2-12(16)6-14(13)7-15(11)9-17/h1-4,7,9-11,19-20H,5-6,8H2. The van der Waals surface area contributed by atoms with E-state index in [1.165, 1.54) is 27.8 Å². The second-order valence-electron chi connectivity index (χ2n) is 5.82. The molecule has 100 valence electrons. The largest absolute Gasteiger partial charge is 0.508 e. The Morgan fingerprint density at radius 3 is 2.80 bits per heavy atom. The van der Waals surface area contributed by atoms with Crippen molar-refractivity contribution in [2.24, 2.45) is 5.92 Å². The summed E-state index contributed by atoms with van der Waals surface area (Å²) in [5.41, 5.74) is 6.62. The summed E-state index contributed by atoms with van der Waals surface area (Å²) in [5, 5.41) is 19.2. The van der Waals surface area contributed by atoms with E-state index in [-0.39, 0.29) is 0 Å². The van der Waals surface area contributed by atoms with Gasteiger partial charge in [0.25, 0.3) is 0 Å². The molecule has 20 heavy (non-hydrogen) atoms. The lowest BCUT2D eigenvalue weighted by atomic mass is 9.74. The number of hydrogen-bond acceptors (Lipinski definition) is 2. The third kappa shape index (κ3) is 1.80. The van der Waals surface area contributed by atoms with Crippen LogP contribution in [-0.4, -0.2) is 10.2 Å². The molecule has 4 rings (SSSR count). The minimum Gasteiger partial charge on any atom is -0.508 e. The zero-order valence-corrected chi connectivity index (χ0v) is 11.1. The lowest BCUT2D eigenvalue weighted by molar-refractivity contribution is 0.427. The molecule has 3 aliphatic rings. The third-order valence-electron chi connectivity index (χ3n) is 4.48. The maximum atomic E-state index is 9.63. The first-order valence-corrected chi connectivity index (χ1v) is 7.01. The Morgan fingerprint density at radius 2 is 1.90 bits per heavy atom. The average molecular weight is 264 g/mol. The Bertz CT molecular complexity index is 717. The molecule has 0 amide bonds. The Balaban J connectivity index is 1.74. The molecule has 2 heteroatoms. The third-order valence-corrected chi connectivity index (χ3v) is 4.48. The quantitative estimate of drug-likeness (QED) is 0.749. The van der Waals surface area contributed by atoms with Crippen LogP contribution in [0.3, 0.4) is 0 Å². The van der Waals surface area contributed by atoms with Gasteiger partial charge in [0.2, 0.25) is 0 Å². The van der Waals surface area contributed by atoms with E-state index in [0.717, 1.165) is 19.3 Å². The average Bonchev–Trinajstić information content (AvgIpc) is 2.43. The van der Waals surface area contributed by atoms with Crippen molar-refractivity contribution in [1.29, 1.82) is 0 Å². The number of phenolic OH excluding ortho intramolecular Hbond substituents is 1. The molecule has 2 N–H and O–H groups in total. The van der Waals surface area contributed by atoms with Gasteiger partial charge in [0, 0.05) is 5.92 Å². The number of rotatable bonds is 0. The molecule has 0 bridgehead atoms. The first-order chi connectivity index (χ1) is 9.69. The van der Waals surface area contributed by atoms with Crippen molar-refractivity contribution in [2.45, 2.75) is 19.3 Å². The molecule has 1 aromatic rings. The Kier molecular flexibility index (Phi) is 2.40. The number of hydrogen-bond donors (Lipinski definition) is 2. The van der Waals surface area contributed by atoms with Crippen LogP contribution in [0.25, 0.3) is 0 Å². The van der Waals surface area contributed by atoms with Crippen LogP contribution in [0.4, 0.5) is 0 Å². The van der Waals surface area contributed by atoms with E-state index >= 15 is 0 Å². The summed E-state index contributed by atoms with van der Waals surface area (Å²) < 4.78 is 0. The van der Waals surface area contributed by atoms with Crippen LogP contribution >= 0.6 is 0 Å². The predicted octanol–water partition coefficient (Wildman–Crippen LogP) is 3.75. The number of fused-ring (bicyclic) bond motifs is 2. The minimum absolute atomic E-state index is 0.345. The lowest BCUT2D eigenvalue weighted by Gasteiger charge is -2.30. The molecule has 0 fully saturated rings. The summed E-state index contributed by atoms with van der Waals surface area (Å²) in [6.07, 6.45) is 10.9. The molecule has 2 nitrogen and oxygen atoms in total. The number of allylic oxidation sites excluding steroid dienone is 7. The SMILES string of the molecule is OC1=CC2=CC3=C(Cc4cc(O)ccc4C3)CC2C=C1. The van der Waals surface area contributed by atoms with E-state index < -0.39 is 0 Å². The fraction of sp³-hybridized carbons (Fsp3) is 0.222. The molecule has 3 aliphatic carbocycles. The van der Waals surface area contributed by atoms with Gasteiger partial charge in [-0.2, -0.15) is 0 Å². The van der Waals surface area contributed by atoms with Crippen LogP contribution in [0.2, 0.25) is 0 Å². The highest BCUT2D eigenvalue weighted by molar-refractivity contribution is 5.53. The molecule has 1 aromatic carbocycles. The van der Waals surface area contributed by atoms with E-state index in [0.29, 0.717) is 17.4 Å². The first kappa shape index (κ1) is 11.6. The highest BCUT2D eigenvalue weighted by atomic mass is 16.3. The number of phenols is 1. The van der Waals surface area contributed by atoms with Crippen LogP contribution in [0, 0.1) is 5.92 Å². The smallest absolute Gasteiger partial charge is 0.115 e. The summed E-state index contributed by atoms with van der Waals surface area (Å²) in [7, 11) is 0. The van der Waals surface area contributed by atoms with E-state index in [9.17, 15) is 10.2 Å². The first-order valence-electron chi connectivity index (χ1n) is 7.01. The van der Waals surface area contributed by atoms with Crippen molar-refractivity contribution in [3.8, 4) is 5.75 Å². The summed E-state index contributed by atoms with van der Waals surface area (Å²) in [5.74, 6) is 1.09. The monoisotopic (exact) mass is 264 g/mol. The summed E-state index contributed by atoms with van der Waals surface area (Å²) in [4.78, 5) is 0. The number of benzene rings is 1. The van der Waals surface area contributed by atoms with Crippen molar-refractivity contribution in [1.82, 2.24) is 0 Å². The molecular weight excluding hydrogens is 248 g/mol. The second kappa shape index (κ2) is 4.14. The second-order valence-corrected chi connectivity index (χ2v) is 5.82. The van der Waals surface area contributed by atoms with Gasteiger partial charge in [0.1, 0.15) is 11.5 Å². The van der Waals surface area contributed by atoms with E-state index in [1.54, 1.807) is 12.1 Å². The molecule has 0 heterocycles. The zero-order valence-electron chi connectivity index (χ0n) is 11.1. The van der Waals surface area contributed by atoms with Crippen molar-refractivity contribution < 1.29 is 10.2 Å². The number of aliphatic hydroxyl groups is 1. The molecule has 1 atom stereocenters. The Hall–Kier alpha value is -2.22. The Morgan fingerprint density at radius 1 is 1.00 bits per heavy atom. The van der Waals surface area contributed by atoms with Gasteiger partial charge in [-0.05, 0) is 65.8 Å². The minimum atomic E-state index is 0.345. The normalized spacial score (nSPS) is 23.5. The highest BCUT2D eigenvalue weighted by Gasteiger charge is 2.26. The van der Waals surface area contributed by atoms with Crippen molar-refractivity contribution in [3.63, 3.8) is 0 Å². The van der Waals surface area contributed by atoms with E-state index in [1.807, 2.05) is 18.2 Å². The van der Waals surface area contributed by atoms with Crippen molar-refractivity contribution in [3.05, 3.63) is 76.1 Å². The fourth-order valence-electron chi connectivity index (χ4n) is 3.43. The van der Waals surface area contributed by atoms with Crippen LogP contribution in [-0.2, 0) is 12.8 Å². The van der Waals surface area contributed by atoms with Gasteiger partial charge in [-0.3, -0.25) is 0 Å². The van der Waals surface area contributed by atoms with Crippen LogP contribution in [0.1, 0.15) is 17.5 Å². The highest BCUT2D eigenvalue weighted by Crippen LogP contribution is 2.40. The molecule has 0 aliphatic heterocycles. The van der Waals surface area contributed by atoms with Gasteiger partial charge >= 0.3 is 0 Å². The van der Waals surface area contributed by atoms with Gasteiger partial charge in [-0.25, -0.2) is 0 Å². The summed E-state index contributed by atoms with van der Waals surface area (Å²) in [6.45, 7) is 0. The van der Waals surface area contributed by atoms with Crippen LogP contribution in [0.5, 0.6) is 5.75 Å². The fourth-order valence-corrected chi connectivity index (χ4v) is 3.43. The number of aliphatic hydroxyl groups excluding tert-OH is 1. The summed E-state index contributed by atoms with van der Waals surface area (Å²) in [6, 6.07) is 5.67. The van der Waals surface area contributed by atoms with Crippen LogP contribution < -0.4 is 0 Å². The van der Waals surface area contributed by atoms with Gasteiger partial charge in [-0.1, -0.05) is 23.8 Å². The van der Waals surface area contributed by atoms with Gasteiger partial charge in [0.05, 0.1) is 0 Å². The maximum Gasteiger partial charge on any atom is 0.115 e. The van der Waals surface area contributed by atoms with E-state index in [4.69, 9.17) is 0 Å². The zero-order chi connectivity index (χ0) is 13.7. The number of aromatic hydroxyl groups is 1. The molecule has 0 saturated carbocycles. The topological polar surface area (TPSA) is 40.5 Å². The van der Waals surface area contributed by atoms with Gasteiger partial charge < -0.3 is 10.2 Å². The van der Waals surface area contributed by atoms with Gasteiger partial charge in [0.15, 0.2) is 0 Å². The van der Waals surface area contributed by atoms with Crippen molar-refractivity contribution in [2.75, 3.05) is 0 Å². The van der Waals surface area contributed by atoms with Crippen LogP contribution in [0.15, 0.2) is 65.0 Å². The molecule has 1 unspecified atom stereocenters. The predicted molar refractivity (Wildman–Crippen MR) is 78.6 cm³/mol. The van der Waals surface area contributed by atoms with Gasteiger partial charge in [-0.15, -0.1) is 0 Å². The van der Waals surface area contributed by atoms with Crippen molar-refractivity contribution >= 4 is 0 Å². The Labute approximate surface area is 118 Å². The molecular formula is C18H16O2. The molecule has 0 spiro atoms. The maximum absolute atomic E-state index is 9.63. The van der Waals surface area contributed by atoms with E-state index in [2.05, 4.69) is 12.2 Å².